The number of nitrogens with one attached hydrogen (secondary N) is 2. The highest BCUT2D eigenvalue weighted by molar-refractivity contribution is 5.99. The number of aromatic amines is 1. The number of rotatable bonds is 7. The molecule has 0 saturated carbocycles. The number of carbonyl (C=O) groups excluding carboxylic acids is 1. The Hall–Kier alpha value is -4.11. The van der Waals surface area contributed by atoms with Crippen LogP contribution >= 0.6 is 0 Å². The molecule has 3 heterocycles. The third-order valence-electron chi connectivity index (χ3n) is 5.86. The SMILES string of the molecule is CC(C[C@H](F)CN1Cc2cc(-c3ncc(C(F)(F)F)cn3)c(F)cc2C1=O)Nc1cn[nH]c(=O)c1C(F)(F)F. The van der Waals surface area contributed by atoms with Crippen molar-refractivity contribution in [3.05, 3.63) is 69.1 Å². The van der Waals surface area contributed by atoms with E-state index in [-0.39, 0.29) is 35.5 Å². The van der Waals surface area contributed by atoms with Crippen LogP contribution in [0.25, 0.3) is 11.4 Å². The lowest BCUT2D eigenvalue weighted by molar-refractivity contribution is -0.139. The summed E-state index contributed by atoms with van der Waals surface area (Å²) < 4.78 is 107. The van der Waals surface area contributed by atoms with E-state index in [0.717, 1.165) is 17.2 Å². The summed E-state index contributed by atoms with van der Waals surface area (Å²) in [6.45, 7) is 0.744. The van der Waals surface area contributed by atoms with Crippen LogP contribution in [0.3, 0.4) is 0 Å². The number of aromatic nitrogens is 4. The van der Waals surface area contributed by atoms with Gasteiger partial charge in [0.2, 0.25) is 0 Å². The maximum atomic E-state index is 14.9. The number of fused-ring (bicyclic) bond motifs is 1. The molecule has 1 aliphatic rings. The van der Waals surface area contributed by atoms with Crippen molar-refractivity contribution in [2.75, 3.05) is 11.9 Å². The quantitative estimate of drug-likeness (QED) is 0.409. The van der Waals surface area contributed by atoms with E-state index in [1.54, 1.807) is 5.10 Å². The zero-order chi connectivity index (χ0) is 28.7. The molecule has 208 valence electrons. The third-order valence-corrected chi connectivity index (χ3v) is 5.86. The molecular formula is C23H18F8N6O2. The Bertz CT molecular complexity index is 1440. The summed E-state index contributed by atoms with van der Waals surface area (Å²) in [6.07, 6.45) is -10.0. The van der Waals surface area contributed by atoms with E-state index in [9.17, 15) is 44.7 Å². The van der Waals surface area contributed by atoms with Gasteiger partial charge in [-0.15, -0.1) is 0 Å². The third kappa shape index (κ3) is 5.98. The standard InChI is InChI=1S/C23H18F8N6O2/c1-10(35-17-7-34-36-20(38)18(17)23(29,30)31)2-13(24)9-37-8-11-3-15(16(25)4-14(11)21(37)39)19-32-5-12(6-33-19)22(26,27)28/h3-7,10,13H,2,8-9H2,1H3,(H2,35,36,38)/t10?,13-/m0/s1. The molecule has 1 amide bonds. The number of H-pyrrole nitrogens is 1. The van der Waals surface area contributed by atoms with E-state index < -0.39 is 65.2 Å². The zero-order valence-electron chi connectivity index (χ0n) is 19.8. The summed E-state index contributed by atoms with van der Waals surface area (Å²) in [6, 6.07) is 1.15. The molecule has 0 radical (unpaired) electrons. The minimum atomic E-state index is -4.99. The molecule has 39 heavy (non-hydrogen) atoms. The van der Waals surface area contributed by atoms with Crippen LogP contribution in [0.1, 0.15) is 40.4 Å². The van der Waals surface area contributed by atoms with Gasteiger partial charge in [-0.2, -0.15) is 31.4 Å². The summed E-state index contributed by atoms with van der Waals surface area (Å²) >= 11 is 0. The van der Waals surface area contributed by atoms with Crippen LogP contribution in [0.2, 0.25) is 0 Å². The summed E-state index contributed by atoms with van der Waals surface area (Å²) in [5, 5.41) is 7.42. The van der Waals surface area contributed by atoms with Crippen molar-refractivity contribution in [3.8, 4) is 11.4 Å². The van der Waals surface area contributed by atoms with Gasteiger partial charge in [-0.25, -0.2) is 23.8 Å². The number of nitrogens with zero attached hydrogens (tertiary/aromatic N) is 4. The highest BCUT2D eigenvalue weighted by atomic mass is 19.4. The van der Waals surface area contributed by atoms with Crippen LogP contribution in [0.5, 0.6) is 0 Å². The number of hydrogen-bond acceptors (Lipinski definition) is 6. The largest absolute Gasteiger partial charge is 0.423 e. The van der Waals surface area contributed by atoms with Crippen molar-refractivity contribution < 1.29 is 39.9 Å². The molecular weight excluding hydrogens is 544 g/mol. The Kier molecular flexibility index (Phi) is 7.32. The molecule has 1 aromatic carbocycles. The second-order valence-corrected chi connectivity index (χ2v) is 8.83. The number of halogens is 8. The molecule has 3 aromatic rings. The fourth-order valence-electron chi connectivity index (χ4n) is 4.14. The number of benzene rings is 1. The van der Waals surface area contributed by atoms with Gasteiger partial charge in [-0.05, 0) is 24.6 Å². The van der Waals surface area contributed by atoms with Gasteiger partial charge in [-0.3, -0.25) is 9.59 Å². The minimum Gasteiger partial charge on any atom is -0.381 e. The van der Waals surface area contributed by atoms with Crippen molar-refractivity contribution in [3.63, 3.8) is 0 Å². The predicted octanol–water partition coefficient (Wildman–Crippen LogP) is 4.59. The monoisotopic (exact) mass is 562 g/mol. The molecule has 0 bridgehead atoms. The van der Waals surface area contributed by atoms with E-state index >= 15 is 0 Å². The van der Waals surface area contributed by atoms with Crippen LogP contribution in [0, 0.1) is 5.82 Å². The van der Waals surface area contributed by atoms with E-state index in [4.69, 9.17) is 0 Å². The smallest absolute Gasteiger partial charge is 0.381 e. The van der Waals surface area contributed by atoms with Crippen molar-refractivity contribution in [1.29, 1.82) is 0 Å². The average Bonchev–Trinajstić information content (AvgIpc) is 3.11. The predicted molar refractivity (Wildman–Crippen MR) is 120 cm³/mol. The average molecular weight is 562 g/mol. The van der Waals surface area contributed by atoms with Crippen LogP contribution < -0.4 is 10.9 Å². The summed E-state index contributed by atoms with van der Waals surface area (Å²) in [5.74, 6) is -2.01. The number of hydrogen-bond donors (Lipinski definition) is 2. The number of amides is 1. The lowest BCUT2D eigenvalue weighted by Gasteiger charge is -2.23. The lowest BCUT2D eigenvalue weighted by atomic mass is 10.0. The fourth-order valence-corrected chi connectivity index (χ4v) is 4.14. The Labute approximate surface area is 214 Å². The van der Waals surface area contributed by atoms with Crippen molar-refractivity contribution in [2.24, 2.45) is 0 Å². The van der Waals surface area contributed by atoms with Crippen LogP contribution in [0.4, 0.5) is 40.8 Å². The van der Waals surface area contributed by atoms with Gasteiger partial charge in [-0.1, -0.05) is 0 Å². The van der Waals surface area contributed by atoms with Gasteiger partial charge in [0.1, 0.15) is 17.6 Å². The number of alkyl halides is 7. The first-order valence-electron chi connectivity index (χ1n) is 11.2. The molecule has 2 aromatic heterocycles. The van der Waals surface area contributed by atoms with Gasteiger partial charge in [0.15, 0.2) is 5.82 Å². The van der Waals surface area contributed by atoms with Crippen LogP contribution in [-0.2, 0) is 18.9 Å². The normalized spacial score (nSPS) is 15.3. The summed E-state index contributed by atoms with van der Waals surface area (Å²) in [7, 11) is 0. The molecule has 16 heteroatoms. The van der Waals surface area contributed by atoms with Gasteiger partial charge in [0, 0.05) is 37.0 Å². The van der Waals surface area contributed by atoms with Gasteiger partial charge >= 0.3 is 12.4 Å². The minimum absolute atomic E-state index is 0.0778. The van der Waals surface area contributed by atoms with E-state index in [1.165, 1.54) is 13.0 Å². The Balaban J connectivity index is 1.43. The van der Waals surface area contributed by atoms with Crippen LogP contribution in [-0.4, -0.2) is 49.7 Å². The Morgan fingerprint density at radius 2 is 1.69 bits per heavy atom. The first kappa shape index (κ1) is 27.9. The summed E-state index contributed by atoms with van der Waals surface area (Å²) in [5.41, 5.74) is -4.81. The molecule has 8 nitrogen and oxygen atoms in total. The molecule has 2 atom stereocenters. The molecule has 0 aliphatic carbocycles. The van der Waals surface area contributed by atoms with Gasteiger partial charge in [0.25, 0.3) is 11.5 Å². The maximum Gasteiger partial charge on any atom is 0.423 e. The molecule has 0 saturated heterocycles. The number of anilines is 1. The molecule has 1 aliphatic heterocycles. The maximum absolute atomic E-state index is 14.9. The molecule has 2 N–H and O–H groups in total. The molecule has 1 unspecified atom stereocenters. The number of carbonyl (C=O) groups is 1. The van der Waals surface area contributed by atoms with Crippen molar-refractivity contribution in [1.82, 2.24) is 25.1 Å². The second-order valence-electron chi connectivity index (χ2n) is 8.83. The Morgan fingerprint density at radius 3 is 2.31 bits per heavy atom. The highest BCUT2D eigenvalue weighted by Crippen LogP contribution is 2.33. The first-order chi connectivity index (χ1) is 18.1. The van der Waals surface area contributed by atoms with E-state index in [2.05, 4.69) is 20.4 Å². The topological polar surface area (TPSA) is 104 Å². The van der Waals surface area contributed by atoms with E-state index in [0.29, 0.717) is 12.4 Å². The van der Waals surface area contributed by atoms with Gasteiger partial charge < -0.3 is 10.2 Å². The second kappa shape index (κ2) is 10.2. The molecule has 0 fully saturated rings. The van der Waals surface area contributed by atoms with Crippen LogP contribution in [0.15, 0.2) is 35.5 Å². The molecule has 0 spiro atoms. The van der Waals surface area contributed by atoms with E-state index in [1.807, 2.05) is 0 Å². The van der Waals surface area contributed by atoms with Gasteiger partial charge in [0.05, 0.1) is 29.6 Å². The molecule has 4 rings (SSSR count). The first-order valence-corrected chi connectivity index (χ1v) is 11.2. The van der Waals surface area contributed by atoms with Crippen molar-refractivity contribution in [2.45, 2.75) is 44.5 Å². The highest BCUT2D eigenvalue weighted by Gasteiger charge is 2.38. The fraction of sp³-hybridized carbons (Fsp3) is 0.348. The lowest BCUT2D eigenvalue weighted by Crippen LogP contribution is -2.34. The summed E-state index contributed by atoms with van der Waals surface area (Å²) in [4.78, 5) is 32.4. The zero-order valence-corrected chi connectivity index (χ0v) is 19.8. The van der Waals surface area contributed by atoms with Crippen molar-refractivity contribution >= 4 is 11.6 Å². The Morgan fingerprint density at radius 1 is 1.03 bits per heavy atom.